The van der Waals surface area contributed by atoms with E-state index < -0.39 is 0 Å². The number of nitrogens with one attached hydrogen (secondary N) is 1. The highest BCUT2D eigenvalue weighted by Crippen LogP contribution is 2.28. The fourth-order valence-corrected chi connectivity index (χ4v) is 3.30. The second kappa shape index (κ2) is 6.80. The molecule has 0 spiro atoms. The van der Waals surface area contributed by atoms with Crippen LogP contribution in [0.3, 0.4) is 0 Å². The summed E-state index contributed by atoms with van der Waals surface area (Å²) in [7, 11) is 2.08. The van der Waals surface area contributed by atoms with Crippen molar-refractivity contribution in [2.24, 2.45) is 4.99 Å². The summed E-state index contributed by atoms with van der Waals surface area (Å²) in [5.74, 6) is -0.211. The quantitative estimate of drug-likeness (QED) is 0.709. The van der Waals surface area contributed by atoms with E-state index in [1.165, 1.54) is 6.07 Å². The van der Waals surface area contributed by atoms with Gasteiger partial charge in [-0.2, -0.15) is 0 Å². The van der Waals surface area contributed by atoms with Gasteiger partial charge in [-0.1, -0.05) is 18.2 Å². The number of aromatic hydroxyl groups is 1. The monoisotopic (exact) mass is 352 g/mol. The van der Waals surface area contributed by atoms with E-state index >= 15 is 0 Å². The number of hydrogen-bond donors (Lipinski definition) is 2. The van der Waals surface area contributed by atoms with Crippen LogP contribution in [0.2, 0.25) is 0 Å². The van der Waals surface area contributed by atoms with Gasteiger partial charge in [0.2, 0.25) is 0 Å². The molecule has 4 rings (SSSR count). The number of nitrogens with zero attached hydrogens (tertiary/aromatic N) is 3. The average molecular weight is 352 g/mol. The van der Waals surface area contributed by atoms with Gasteiger partial charge in [-0.05, 0) is 25.2 Å². The number of aromatic nitrogens is 1. The van der Waals surface area contributed by atoms with Crippen molar-refractivity contribution in [3.05, 3.63) is 53.8 Å². The predicted molar refractivity (Wildman–Crippen MR) is 103 cm³/mol. The first-order valence-electron chi connectivity index (χ1n) is 8.68. The van der Waals surface area contributed by atoms with Gasteiger partial charge < -0.3 is 19.9 Å². The molecule has 0 amide bonds. The Hall–Kier alpha value is -2.86. The van der Waals surface area contributed by atoms with Crippen molar-refractivity contribution in [1.82, 2.24) is 9.88 Å². The minimum atomic E-state index is -0.271. The average Bonchev–Trinajstić information content (AvgIpc) is 2.96. The van der Waals surface area contributed by atoms with Crippen LogP contribution >= 0.6 is 0 Å². The van der Waals surface area contributed by atoms with Gasteiger partial charge in [-0.3, -0.25) is 4.99 Å². The number of rotatable bonds is 3. The summed E-state index contributed by atoms with van der Waals surface area (Å²) in [6, 6.07) is 12.6. The van der Waals surface area contributed by atoms with Crippen molar-refractivity contribution in [3.63, 3.8) is 0 Å². The molecule has 2 aromatic carbocycles. The Balaban J connectivity index is 1.58. The topological polar surface area (TPSA) is 54.9 Å². The molecule has 1 saturated heterocycles. The maximum absolute atomic E-state index is 14.5. The number of benzene rings is 2. The van der Waals surface area contributed by atoms with Gasteiger partial charge in [0.25, 0.3) is 0 Å². The largest absolute Gasteiger partial charge is 0.494 e. The number of H-pyrrole nitrogens is 1. The maximum Gasteiger partial charge on any atom is 0.198 e. The molecule has 1 fully saturated rings. The first-order valence-corrected chi connectivity index (χ1v) is 8.68. The molecule has 2 N–H and O–H groups in total. The molecule has 1 aromatic heterocycles. The van der Waals surface area contributed by atoms with Crippen molar-refractivity contribution >= 4 is 28.5 Å². The van der Waals surface area contributed by atoms with Gasteiger partial charge in [0.1, 0.15) is 5.82 Å². The minimum absolute atomic E-state index is 0.0597. The highest BCUT2D eigenvalue weighted by atomic mass is 19.1. The third kappa shape index (κ3) is 3.15. The summed E-state index contributed by atoms with van der Waals surface area (Å²) < 4.78 is 14.5. The third-order valence-electron chi connectivity index (χ3n) is 4.84. The van der Waals surface area contributed by atoms with E-state index in [1.54, 1.807) is 18.3 Å². The van der Waals surface area contributed by atoms with Crippen LogP contribution < -0.4 is 4.90 Å². The second-order valence-corrected chi connectivity index (χ2v) is 6.62. The van der Waals surface area contributed by atoms with Crippen molar-refractivity contribution in [1.29, 1.82) is 0 Å². The van der Waals surface area contributed by atoms with Crippen LogP contribution in [0.4, 0.5) is 15.8 Å². The molecule has 0 atom stereocenters. The number of anilines is 1. The molecule has 0 bridgehead atoms. The van der Waals surface area contributed by atoms with Crippen LogP contribution in [0, 0.1) is 5.82 Å². The minimum Gasteiger partial charge on any atom is -0.494 e. The Labute approximate surface area is 151 Å². The van der Waals surface area contributed by atoms with Crippen LogP contribution in [0.25, 0.3) is 10.9 Å². The van der Waals surface area contributed by atoms with Crippen molar-refractivity contribution in [2.75, 3.05) is 38.1 Å². The van der Waals surface area contributed by atoms with Gasteiger partial charge >= 0.3 is 0 Å². The van der Waals surface area contributed by atoms with E-state index in [2.05, 4.69) is 26.8 Å². The zero-order chi connectivity index (χ0) is 18.1. The van der Waals surface area contributed by atoms with E-state index in [9.17, 15) is 9.50 Å². The Morgan fingerprint density at radius 1 is 1.12 bits per heavy atom. The molecule has 6 heteroatoms. The fraction of sp³-hybridized carbons (Fsp3) is 0.250. The summed E-state index contributed by atoms with van der Waals surface area (Å²) in [6.45, 7) is 3.50. The van der Waals surface area contributed by atoms with Crippen LogP contribution in [-0.4, -0.2) is 54.4 Å². The van der Waals surface area contributed by atoms with Gasteiger partial charge in [0.05, 0.1) is 16.9 Å². The predicted octanol–water partition coefficient (Wildman–Crippen LogP) is 3.52. The molecule has 0 radical (unpaired) electrons. The summed E-state index contributed by atoms with van der Waals surface area (Å²) in [5.41, 5.74) is 2.57. The number of aliphatic imine (C=N–C) groups is 1. The summed E-state index contributed by atoms with van der Waals surface area (Å²) in [6.07, 6.45) is 1.57. The molecule has 0 saturated carbocycles. The number of hydrogen-bond acceptors (Lipinski definition) is 4. The summed E-state index contributed by atoms with van der Waals surface area (Å²) >= 11 is 0. The SMILES string of the molecule is CN1CCN(c2ccc(N=Cc3c(O)[nH]c4ccccc34)cc2F)CC1. The lowest BCUT2D eigenvalue weighted by Gasteiger charge is -2.34. The van der Waals surface area contributed by atoms with E-state index in [-0.39, 0.29) is 11.7 Å². The van der Waals surface area contributed by atoms with Gasteiger partial charge in [-0.25, -0.2) is 4.39 Å². The fourth-order valence-electron chi connectivity index (χ4n) is 3.30. The molecule has 1 aliphatic heterocycles. The molecule has 26 heavy (non-hydrogen) atoms. The van der Waals surface area contributed by atoms with Crippen LogP contribution in [-0.2, 0) is 0 Å². The Bertz CT molecular complexity index is 958. The second-order valence-electron chi connectivity index (χ2n) is 6.62. The zero-order valence-electron chi connectivity index (χ0n) is 14.6. The lowest BCUT2D eigenvalue weighted by molar-refractivity contribution is 0.311. The zero-order valence-corrected chi connectivity index (χ0v) is 14.6. The van der Waals surface area contributed by atoms with Crippen molar-refractivity contribution in [3.8, 4) is 5.88 Å². The lowest BCUT2D eigenvalue weighted by atomic mass is 10.2. The van der Waals surface area contributed by atoms with Crippen LogP contribution in [0.5, 0.6) is 5.88 Å². The highest BCUT2D eigenvalue weighted by molar-refractivity contribution is 6.02. The number of aromatic amines is 1. The number of piperazine rings is 1. The third-order valence-corrected chi connectivity index (χ3v) is 4.84. The van der Waals surface area contributed by atoms with E-state index in [0.29, 0.717) is 16.9 Å². The number of fused-ring (bicyclic) bond motifs is 1. The van der Waals surface area contributed by atoms with E-state index in [4.69, 9.17) is 0 Å². The van der Waals surface area contributed by atoms with E-state index in [0.717, 1.165) is 37.1 Å². The number of halogens is 1. The molecular weight excluding hydrogens is 331 g/mol. The normalized spacial score (nSPS) is 16.0. The van der Waals surface area contributed by atoms with Gasteiger partial charge in [-0.15, -0.1) is 0 Å². The number of para-hydroxylation sites is 1. The summed E-state index contributed by atoms with van der Waals surface area (Å²) in [4.78, 5) is 11.6. The first-order chi connectivity index (χ1) is 12.6. The molecule has 3 aromatic rings. The molecule has 0 aliphatic carbocycles. The molecule has 5 nitrogen and oxygen atoms in total. The standard InChI is InChI=1S/C20H21FN4O/c1-24-8-10-25(11-9-24)19-7-6-14(12-17(19)21)22-13-16-15-4-2-3-5-18(15)23-20(16)26/h2-7,12-13,23,26H,8-11H2,1H3. The lowest BCUT2D eigenvalue weighted by Crippen LogP contribution is -2.44. The molecule has 0 unspecified atom stereocenters. The van der Waals surface area contributed by atoms with Crippen molar-refractivity contribution in [2.45, 2.75) is 0 Å². The first kappa shape index (κ1) is 16.6. The smallest absolute Gasteiger partial charge is 0.198 e. The highest BCUT2D eigenvalue weighted by Gasteiger charge is 2.17. The Kier molecular flexibility index (Phi) is 4.34. The number of likely N-dealkylation sites (N-methyl/N-ethyl adjacent to an activating group) is 1. The van der Waals surface area contributed by atoms with Crippen LogP contribution in [0.15, 0.2) is 47.5 Å². The molecular formula is C20H21FN4O. The van der Waals surface area contributed by atoms with Crippen molar-refractivity contribution < 1.29 is 9.50 Å². The summed E-state index contributed by atoms with van der Waals surface area (Å²) in [5, 5.41) is 10.9. The Morgan fingerprint density at radius 3 is 2.65 bits per heavy atom. The molecule has 134 valence electrons. The maximum atomic E-state index is 14.5. The van der Waals surface area contributed by atoms with Gasteiger partial charge in [0.15, 0.2) is 5.88 Å². The molecule has 1 aliphatic rings. The Morgan fingerprint density at radius 2 is 1.88 bits per heavy atom. The molecule has 2 heterocycles. The van der Waals surface area contributed by atoms with Crippen LogP contribution in [0.1, 0.15) is 5.56 Å². The van der Waals surface area contributed by atoms with Gasteiger partial charge in [0, 0.05) is 49.4 Å². The van der Waals surface area contributed by atoms with E-state index in [1.807, 2.05) is 24.3 Å².